The van der Waals surface area contributed by atoms with Crippen LogP contribution in [0, 0.1) is 13.8 Å². The molecule has 1 N–H and O–H groups in total. The first-order valence-corrected chi connectivity index (χ1v) is 9.46. The molecule has 0 spiro atoms. The molecule has 24 heavy (non-hydrogen) atoms. The topological polar surface area (TPSA) is 29.1 Å². The molecule has 128 valence electrons. The molecule has 2 aromatic carbocycles. The zero-order chi connectivity index (χ0) is 17.7. The lowest BCUT2D eigenvalue weighted by atomic mass is 10.00. The highest BCUT2D eigenvalue weighted by molar-refractivity contribution is 8.00. The van der Waals surface area contributed by atoms with Gasteiger partial charge in [-0.1, -0.05) is 42.3 Å². The Labute approximate surface area is 154 Å². The Morgan fingerprint density at radius 2 is 1.83 bits per heavy atom. The van der Waals surface area contributed by atoms with Gasteiger partial charge in [0.25, 0.3) is 0 Å². The van der Waals surface area contributed by atoms with E-state index >= 15 is 0 Å². The summed E-state index contributed by atoms with van der Waals surface area (Å²) >= 11 is 7.50. The predicted octanol–water partition coefficient (Wildman–Crippen LogP) is 5.70. The standard InChI is InChI=1S/C20H24ClNOS/c1-5-19(24-17-10-8-16(21)9-11-17)20(23)22-15(4)18-12-13(2)6-7-14(18)3/h6-12,15,19H,5H2,1-4H3,(H,22,23)/t15-,19+/m0/s1. The number of hydrogen-bond donors (Lipinski definition) is 1. The molecule has 0 saturated carbocycles. The molecule has 0 radical (unpaired) electrons. The number of nitrogens with one attached hydrogen (secondary N) is 1. The Morgan fingerprint density at radius 1 is 1.17 bits per heavy atom. The molecular formula is C20H24ClNOS. The molecule has 0 aliphatic rings. The summed E-state index contributed by atoms with van der Waals surface area (Å²) in [7, 11) is 0. The summed E-state index contributed by atoms with van der Waals surface area (Å²) in [6.07, 6.45) is 0.776. The van der Waals surface area contributed by atoms with Crippen molar-refractivity contribution in [2.45, 2.75) is 50.3 Å². The molecule has 0 unspecified atom stereocenters. The first-order chi connectivity index (χ1) is 11.4. The van der Waals surface area contributed by atoms with Crippen LogP contribution in [-0.4, -0.2) is 11.2 Å². The molecule has 0 saturated heterocycles. The van der Waals surface area contributed by atoms with Gasteiger partial charge < -0.3 is 5.32 Å². The van der Waals surface area contributed by atoms with Crippen molar-refractivity contribution in [3.63, 3.8) is 0 Å². The van der Waals surface area contributed by atoms with Crippen molar-refractivity contribution in [1.29, 1.82) is 0 Å². The summed E-state index contributed by atoms with van der Waals surface area (Å²) in [6.45, 7) is 8.23. The molecule has 2 aromatic rings. The van der Waals surface area contributed by atoms with Gasteiger partial charge >= 0.3 is 0 Å². The fourth-order valence-corrected chi connectivity index (χ4v) is 3.70. The number of carbonyl (C=O) groups is 1. The number of carbonyl (C=O) groups excluding carboxylic acids is 1. The second-order valence-corrected chi connectivity index (χ2v) is 7.77. The van der Waals surface area contributed by atoms with Crippen LogP contribution in [0.2, 0.25) is 5.02 Å². The lowest BCUT2D eigenvalue weighted by Crippen LogP contribution is -2.34. The highest BCUT2D eigenvalue weighted by atomic mass is 35.5. The van der Waals surface area contributed by atoms with Crippen LogP contribution in [0.4, 0.5) is 0 Å². The third-order valence-electron chi connectivity index (χ3n) is 4.02. The Kier molecular flexibility index (Phi) is 6.76. The highest BCUT2D eigenvalue weighted by Gasteiger charge is 2.20. The van der Waals surface area contributed by atoms with Crippen LogP contribution >= 0.6 is 23.4 Å². The number of aryl methyl sites for hydroxylation is 2. The Hall–Kier alpha value is -1.45. The van der Waals surface area contributed by atoms with Crippen molar-refractivity contribution in [3.05, 3.63) is 64.2 Å². The maximum absolute atomic E-state index is 12.7. The maximum atomic E-state index is 12.7. The van der Waals surface area contributed by atoms with Crippen molar-refractivity contribution >= 4 is 29.3 Å². The van der Waals surface area contributed by atoms with Crippen LogP contribution < -0.4 is 5.32 Å². The van der Waals surface area contributed by atoms with Crippen molar-refractivity contribution in [2.75, 3.05) is 0 Å². The summed E-state index contributed by atoms with van der Waals surface area (Å²) in [5, 5.41) is 3.76. The molecule has 0 aliphatic heterocycles. The van der Waals surface area contributed by atoms with E-state index in [9.17, 15) is 4.79 Å². The minimum atomic E-state index is -0.112. The molecule has 4 heteroatoms. The van der Waals surface area contributed by atoms with Crippen molar-refractivity contribution in [1.82, 2.24) is 5.32 Å². The third kappa shape index (κ3) is 5.02. The maximum Gasteiger partial charge on any atom is 0.233 e. The Morgan fingerprint density at radius 3 is 2.46 bits per heavy atom. The van der Waals surface area contributed by atoms with Gasteiger partial charge in [-0.3, -0.25) is 4.79 Å². The van der Waals surface area contributed by atoms with Crippen LogP contribution in [-0.2, 0) is 4.79 Å². The SMILES string of the molecule is CC[C@@H](Sc1ccc(Cl)cc1)C(=O)N[C@@H](C)c1cc(C)ccc1C. The quantitative estimate of drug-likeness (QED) is 0.668. The van der Waals surface area contributed by atoms with E-state index in [1.807, 2.05) is 38.1 Å². The van der Waals surface area contributed by atoms with Gasteiger partial charge in [0, 0.05) is 9.92 Å². The smallest absolute Gasteiger partial charge is 0.233 e. The second-order valence-electron chi connectivity index (χ2n) is 6.06. The van der Waals surface area contributed by atoms with Gasteiger partial charge in [-0.05, 0) is 62.6 Å². The molecule has 0 heterocycles. The number of halogens is 1. The van der Waals surface area contributed by atoms with E-state index in [2.05, 4.69) is 37.4 Å². The second kappa shape index (κ2) is 8.59. The average Bonchev–Trinajstić information content (AvgIpc) is 2.56. The van der Waals surface area contributed by atoms with Crippen LogP contribution in [0.1, 0.15) is 43.0 Å². The molecule has 0 aliphatic carbocycles. The number of thioether (sulfide) groups is 1. The number of amides is 1. The summed E-state index contributed by atoms with van der Waals surface area (Å²) < 4.78 is 0. The summed E-state index contributed by atoms with van der Waals surface area (Å²) in [6, 6.07) is 14.0. The molecule has 0 fully saturated rings. The van der Waals surface area contributed by atoms with Gasteiger partial charge in [-0.15, -0.1) is 11.8 Å². The normalized spacial score (nSPS) is 13.4. The van der Waals surface area contributed by atoms with E-state index in [1.54, 1.807) is 11.8 Å². The summed E-state index contributed by atoms with van der Waals surface area (Å²) in [5.74, 6) is 0.0749. The minimum absolute atomic E-state index is 0.00253. The van der Waals surface area contributed by atoms with Crippen LogP contribution in [0.15, 0.2) is 47.4 Å². The zero-order valence-corrected chi connectivity index (χ0v) is 16.2. The Bertz CT molecular complexity index is 699. The largest absolute Gasteiger partial charge is 0.349 e. The van der Waals surface area contributed by atoms with E-state index in [1.165, 1.54) is 16.7 Å². The van der Waals surface area contributed by atoms with Crippen LogP contribution in [0.5, 0.6) is 0 Å². The minimum Gasteiger partial charge on any atom is -0.349 e. The first kappa shape index (κ1) is 18.9. The van der Waals surface area contributed by atoms with Crippen molar-refractivity contribution < 1.29 is 4.79 Å². The van der Waals surface area contributed by atoms with E-state index in [0.29, 0.717) is 5.02 Å². The van der Waals surface area contributed by atoms with Gasteiger partial charge in [0.15, 0.2) is 0 Å². The molecule has 2 atom stereocenters. The van der Waals surface area contributed by atoms with Gasteiger partial charge in [0.2, 0.25) is 5.91 Å². The summed E-state index contributed by atoms with van der Waals surface area (Å²) in [4.78, 5) is 13.7. The van der Waals surface area contributed by atoms with Crippen LogP contribution in [0.25, 0.3) is 0 Å². The van der Waals surface area contributed by atoms with E-state index in [4.69, 9.17) is 11.6 Å². The van der Waals surface area contributed by atoms with Gasteiger partial charge in [0.05, 0.1) is 11.3 Å². The molecule has 1 amide bonds. The fourth-order valence-electron chi connectivity index (χ4n) is 2.61. The zero-order valence-electron chi connectivity index (χ0n) is 14.6. The summed E-state index contributed by atoms with van der Waals surface area (Å²) in [5.41, 5.74) is 3.58. The van der Waals surface area contributed by atoms with Gasteiger partial charge in [-0.2, -0.15) is 0 Å². The lowest BCUT2D eigenvalue weighted by molar-refractivity contribution is -0.121. The lowest BCUT2D eigenvalue weighted by Gasteiger charge is -2.21. The van der Waals surface area contributed by atoms with E-state index in [-0.39, 0.29) is 17.2 Å². The van der Waals surface area contributed by atoms with E-state index < -0.39 is 0 Å². The molecule has 2 rings (SSSR count). The van der Waals surface area contributed by atoms with Crippen LogP contribution in [0.3, 0.4) is 0 Å². The number of hydrogen-bond acceptors (Lipinski definition) is 2. The predicted molar refractivity (Wildman–Crippen MR) is 104 cm³/mol. The van der Waals surface area contributed by atoms with Crippen molar-refractivity contribution in [3.8, 4) is 0 Å². The van der Waals surface area contributed by atoms with Crippen molar-refractivity contribution in [2.24, 2.45) is 0 Å². The molecule has 0 bridgehead atoms. The number of benzene rings is 2. The van der Waals surface area contributed by atoms with Gasteiger partial charge in [-0.25, -0.2) is 0 Å². The highest BCUT2D eigenvalue weighted by Crippen LogP contribution is 2.28. The Balaban J connectivity index is 2.05. The molecule has 2 nitrogen and oxygen atoms in total. The fraction of sp³-hybridized carbons (Fsp3) is 0.350. The average molecular weight is 362 g/mol. The first-order valence-electron chi connectivity index (χ1n) is 8.20. The molecule has 0 aromatic heterocycles. The van der Waals surface area contributed by atoms with E-state index in [0.717, 1.165) is 11.3 Å². The molecular weight excluding hydrogens is 338 g/mol. The third-order valence-corrected chi connectivity index (χ3v) is 5.64. The monoisotopic (exact) mass is 361 g/mol. The number of rotatable bonds is 6. The van der Waals surface area contributed by atoms with Gasteiger partial charge in [0.1, 0.15) is 0 Å².